The minimum absolute atomic E-state index is 0.832. The SMILES string of the molecule is CCCCCCCCCCNc1cc(C)nc(-c2cccs2)n1. The lowest BCUT2D eigenvalue weighted by Gasteiger charge is -2.08. The van der Waals surface area contributed by atoms with E-state index in [4.69, 9.17) is 0 Å². The van der Waals surface area contributed by atoms with Gasteiger partial charge in [0.1, 0.15) is 5.82 Å². The molecule has 126 valence electrons. The van der Waals surface area contributed by atoms with Crippen molar-refractivity contribution in [2.45, 2.75) is 65.2 Å². The Kier molecular flexibility index (Phi) is 8.08. The standard InChI is InChI=1S/C19H29N3S/c1-3-4-5-6-7-8-9-10-13-20-18-15-16(2)21-19(22-18)17-12-11-14-23-17/h11-12,14-15H,3-10,13H2,1-2H3,(H,20,21,22). The number of thiophene rings is 1. The lowest BCUT2D eigenvalue weighted by Crippen LogP contribution is -2.05. The maximum Gasteiger partial charge on any atom is 0.171 e. The lowest BCUT2D eigenvalue weighted by atomic mass is 10.1. The summed E-state index contributed by atoms with van der Waals surface area (Å²) in [6.45, 7) is 5.29. The molecule has 0 aliphatic carbocycles. The second kappa shape index (κ2) is 10.4. The molecule has 1 N–H and O–H groups in total. The Morgan fingerprint density at radius 2 is 1.74 bits per heavy atom. The molecular weight excluding hydrogens is 302 g/mol. The highest BCUT2D eigenvalue weighted by atomic mass is 32.1. The summed E-state index contributed by atoms with van der Waals surface area (Å²) in [5.74, 6) is 1.78. The third-order valence-corrected chi connectivity index (χ3v) is 4.80. The van der Waals surface area contributed by atoms with Crippen LogP contribution < -0.4 is 5.32 Å². The van der Waals surface area contributed by atoms with Crippen LogP contribution in [0.25, 0.3) is 10.7 Å². The van der Waals surface area contributed by atoms with E-state index < -0.39 is 0 Å². The van der Waals surface area contributed by atoms with Crippen molar-refractivity contribution < 1.29 is 0 Å². The van der Waals surface area contributed by atoms with E-state index in [0.717, 1.165) is 28.8 Å². The first kappa shape index (κ1) is 17.9. The zero-order chi connectivity index (χ0) is 16.3. The monoisotopic (exact) mass is 331 g/mol. The highest BCUT2D eigenvalue weighted by Crippen LogP contribution is 2.22. The quantitative estimate of drug-likeness (QED) is 0.508. The molecule has 2 rings (SSSR count). The molecule has 0 bridgehead atoms. The maximum atomic E-state index is 4.63. The fourth-order valence-corrected chi connectivity index (χ4v) is 3.31. The molecule has 0 unspecified atom stereocenters. The Bertz CT molecular complexity index is 552. The van der Waals surface area contributed by atoms with Crippen molar-refractivity contribution in [2.24, 2.45) is 0 Å². The first-order valence-corrected chi connectivity index (χ1v) is 9.81. The van der Waals surface area contributed by atoms with E-state index in [9.17, 15) is 0 Å². The molecule has 0 atom stereocenters. The van der Waals surface area contributed by atoms with Gasteiger partial charge in [0.15, 0.2) is 5.82 Å². The Morgan fingerprint density at radius 3 is 2.43 bits per heavy atom. The van der Waals surface area contributed by atoms with Crippen molar-refractivity contribution in [1.29, 1.82) is 0 Å². The largest absolute Gasteiger partial charge is 0.370 e. The minimum Gasteiger partial charge on any atom is -0.370 e. The zero-order valence-corrected chi connectivity index (χ0v) is 15.3. The van der Waals surface area contributed by atoms with Crippen molar-refractivity contribution in [3.05, 3.63) is 29.3 Å². The van der Waals surface area contributed by atoms with Gasteiger partial charge in [-0.15, -0.1) is 11.3 Å². The highest BCUT2D eigenvalue weighted by Gasteiger charge is 2.05. The number of hydrogen-bond donors (Lipinski definition) is 1. The van der Waals surface area contributed by atoms with Crippen molar-refractivity contribution in [1.82, 2.24) is 9.97 Å². The van der Waals surface area contributed by atoms with Crippen molar-refractivity contribution in [2.75, 3.05) is 11.9 Å². The summed E-state index contributed by atoms with van der Waals surface area (Å²) in [6.07, 6.45) is 10.8. The Hall–Kier alpha value is -1.42. The summed E-state index contributed by atoms with van der Waals surface area (Å²) in [5.41, 5.74) is 1.02. The van der Waals surface area contributed by atoms with Gasteiger partial charge < -0.3 is 5.32 Å². The predicted molar refractivity (Wildman–Crippen MR) is 101 cm³/mol. The molecule has 0 fully saturated rings. The zero-order valence-electron chi connectivity index (χ0n) is 14.5. The third-order valence-electron chi connectivity index (χ3n) is 3.93. The molecule has 2 aromatic heterocycles. The number of hydrogen-bond acceptors (Lipinski definition) is 4. The smallest absolute Gasteiger partial charge is 0.171 e. The number of anilines is 1. The summed E-state index contributed by atoms with van der Waals surface area (Å²) in [6, 6.07) is 6.14. The minimum atomic E-state index is 0.832. The summed E-state index contributed by atoms with van der Waals surface area (Å²) in [4.78, 5) is 10.3. The number of nitrogens with one attached hydrogen (secondary N) is 1. The van der Waals surface area contributed by atoms with Gasteiger partial charge in [0.05, 0.1) is 4.88 Å². The van der Waals surface area contributed by atoms with Gasteiger partial charge in [-0.25, -0.2) is 9.97 Å². The van der Waals surface area contributed by atoms with Gasteiger partial charge in [0.2, 0.25) is 0 Å². The average molecular weight is 332 g/mol. The van der Waals surface area contributed by atoms with E-state index >= 15 is 0 Å². The van der Waals surface area contributed by atoms with E-state index in [2.05, 4.69) is 33.7 Å². The van der Waals surface area contributed by atoms with Gasteiger partial charge in [0, 0.05) is 18.3 Å². The molecule has 0 saturated carbocycles. The molecule has 3 nitrogen and oxygen atoms in total. The van der Waals surface area contributed by atoms with Crippen molar-refractivity contribution >= 4 is 17.2 Å². The Balaban J connectivity index is 1.68. The van der Waals surface area contributed by atoms with Gasteiger partial charge >= 0.3 is 0 Å². The van der Waals surface area contributed by atoms with Crippen molar-refractivity contribution in [3.63, 3.8) is 0 Å². The molecule has 0 amide bonds. The molecule has 0 aromatic carbocycles. The van der Waals surface area contributed by atoms with Crippen LogP contribution in [0.3, 0.4) is 0 Å². The first-order chi connectivity index (χ1) is 11.3. The Labute approximate surface area is 144 Å². The summed E-state index contributed by atoms with van der Waals surface area (Å²) in [5, 5.41) is 5.52. The second-order valence-electron chi connectivity index (χ2n) is 6.10. The fourth-order valence-electron chi connectivity index (χ4n) is 2.65. The fraction of sp³-hybridized carbons (Fsp3) is 0.579. The van der Waals surface area contributed by atoms with Crippen LogP contribution in [0.15, 0.2) is 23.6 Å². The van der Waals surface area contributed by atoms with Crippen LogP contribution >= 0.6 is 11.3 Å². The normalized spacial score (nSPS) is 10.9. The molecule has 23 heavy (non-hydrogen) atoms. The molecule has 0 radical (unpaired) electrons. The van der Waals surface area contributed by atoms with Crippen LogP contribution in [0.1, 0.15) is 64.0 Å². The van der Waals surface area contributed by atoms with E-state index in [1.807, 2.05) is 19.1 Å². The molecule has 0 aliphatic rings. The summed E-state index contributed by atoms with van der Waals surface area (Å²) in [7, 11) is 0. The predicted octanol–water partition coefficient (Wildman–Crippen LogP) is 6.07. The highest BCUT2D eigenvalue weighted by molar-refractivity contribution is 7.13. The van der Waals surface area contributed by atoms with Crippen LogP contribution in [0, 0.1) is 6.92 Å². The van der Waals surface area contributed by atoms with E-state index in [-0.39, 0.29) is 0 Å². The van der Waals surface area contributed by atoms with E-state index in [1.54, 1.807) is 11.3 Å². The van der Waals surface area contributed by atoms with Crippen molar-refractivity contribution in [3.8, 4) is 10.7 Å². The van der Waals surface area contributed by atoms with Crippen LogP contribution in [0.2, 0.25) is 0 Å². The number of nitrogens with zero attached hydrogens (tertiary/aromatic N) is 2. The van der Waals surface area contributed by atoms with Crippen LogP contribution in [0.4, 0.5) is 5.82 Å². The number of aryl methyl sites for hydroxylation is 1. The number of rotatable bonds is 11. The van der Waals surface area contributed by atoms with Crippen LogP contribution in [0.5, 0.6) is 0 Å². The van der Waals surface area contributed by atoms with Gasteiger partial charge in [-0.2, -0.15) is 0 Å². The van der Waals surface area contributed by atoms with E-state index in [1.165, 1.54) is 51.4 Å². The summed E-state index contributed by atoms with van der Waals surface area (Å²) >= 11 is 1.68. The summed E-state index contributed by atoms with van der Waals surface area (Å²) < 4.78 is 0. The molecular formula is C19H29N3S. The molecule has 2 heterocycles. The third kappa shape index (κ3) is 6.69. The van der Waals surface area contributed by atoms with E-state index in [0.29, 0.717) is 0 Å². The first-order valence-electron chi connectivity index (χ1n) is 8.93. The molecule has 0 spiro atoms. The van der Waals surface area contributed by atoms with Gasteiger partial charge in [0.25, 0.3) is 0 Å². The number of aromatic nitrogens is 2. The van der Waals surface area contributed by atoms with Gasteiger partial charge in [-0.3, -0.25) is 0 Å². The average Bonchev–Trinajstić information content (AvgIpc) is 3.07. The molecule has 0 saturated heterocycles. The van der Waals surface area contributed by atoms with Crippen LogP contribution in [-0.2, 0) is 0 Å². The lowest BCUT2D eigenvalue weighted by molar-refractivity contribution is 0.581. The van der Waals surface area contributed by atoms with Crippen LogP contribution in [-0.4, -0.2) is 16.5 Å². The van der Waals surface area contributed by atoms with Gasteiger partial charge in [-0.1, -0.05) is 57.9 Å². The molecule has 0 aliphatic heterocycles. The Morgan fingerprint density at radius 1 is 1.00 bits per heavy atom. The second-order valence-corrected chi connectivity index (χ2v) is 7.04. The number of unbranched alkanes of at least 4 members (excludes halogenated alkanes) is 7. The maximum absolute atomic E-state index is 4.63. The van der Waals surface area contributed by atoms with Gasteiger partial charge in [-0.05, 0) is 24.8 Å². The topological polar surface area (TPSA) is 37.8 Å². The molecule has 4 heteroatoms. The molecule has 2 aromatic rings.